The standard InChI is InChI=1S/C17H17N3O4/c1-2-6-19-17(22)13-8-11(5-7-18-13)16(21)20-12-3-4-14-15(9-12)24-10-23-14/h3-5,7-9H,2,6,10H2,1H3,(H,19,22)(H,20,21). The Bertz CT molecular complexity index is 776. The molecule has 7 heteroatoms. The molecule has 2 aromatic rings. The summed E-state index contributed by atoms with van der Waals surface area (Å²) in [5.41, 5.74) is 1.14. The van der Waals surface area contributed by atoms with E-state index in [0.717, 1.165) is 6.42 Å². The first-order valence-corrected chi connectivity index (χ1v) is 7.62. The molecule has 124 valence electrons. The van der Waals surface area contributed by atoms with E-state index in [1.54, 1.807) is 24.3 Å². The number of hydrogen-bond donors (Lipinski definition) is 2. The molecule has 2 N–H and O–H groups in total. The first kappa shape index (κ1) is 15.8. The van der Waals surface area contributed by atoms with Crippen LogP contribution in [0.1, 0.15) is 34.2 Å². The fourth-order valence-corrected chi connectivity index (χ4v) is 2.20. The van der Waals surface area contributed by atoms with Crippen LogP contribution in [0.2, 0.25) is 0 Å². The van der Waals surface area contributed by atoms with Crippen molar-refractivity contribution >= 4 is 17.5 Å². The average molecular weight is 327 g/mol. The predicted molar refractivity (Wildman–Crippen MR) is 87.4 cm³/mol. The summed E-state index contributed by atoms with van der Waals surface area (Å²) in [6.45, 7) is 2.70. The van der Waals surface area contributed by atoms with Gasteiger partial charge in [0.1, 0.15) is 5.69 Å². The van der Waals surface area contributed by atoms with E-state index in [-0.39, 0.29) is 24.3 Å². The molecule has 0 atom stereocenters. The number of fused-ring (bicyclic) bond motifs is 1. The Morgan fingerprint density at radius 2 is 1.96 bits per heavy atom. The second-order valence-corrected chi connectivity index (χ2v) is 5.21. The molecule has 7 nitrogen and oxygen atoms in total. The van der Waals surface area contributed by atoms with Crippen LogP contribution in [0.15, 0.2) is 36.5 Å². The Hall–Kier alpha value is -3.09. The minimum atomic E-state index is -0.333. The number of anilines is 1. The number of carbonyl (C=O) groups is 2. The lowest BCUT2D eigenvalue weighted by Gasteiger charge is -2.07. The first-order chi connectivity index (χ1) is 11.7. The summed E-state index contributed by atoms with van der Waals surface area (Å²) in [5, 5.41) is 5.49. The van der Waals surface area contributed by atoms with Crippen LogP contribution in [0.25, 0.3) is 0 Å². The highest BCUT2D eigenvalue weighted by atomic mass is 16.7. The Labute approximate surface area is 139 Å². The van der Waals surface area contributed by atoms with Gasteiger partial charge >= 0.3 is 0 Å². The quantitative estimate of drug-likeness (QED) is 0.879. The maximum atomic E-state index is 12.4. The van der Waals surface area contributed by atoms with E-state index in [9.17, 15) is 9.59 Å². The summed E-state index contributed by atoms with van der Waals surface area (Å²) >= 11 is 0. The third-order valence-corrected chi connectivity index (χ3v) is 3.42. The molecule has 1 aliphatic rings. The van der Waals surface area contributed by atoms with Gasteiger partial charge in [-0.25, -0.2) is 0 Å². The summed E-state index contributed by atoms with van der Waals surface area (Å²) in [6, 6.07) is 8.16. The van der Waals surface area contributed by atoms with Gasteiger partial charge in [0.2, 0.25) is 6.79 Å². The molecule has 0 spiro atoms. The molecule has 1 aromatic carbocycles. The number of carbonyl (C=O) groups excluding carboxylic acids is 2. The second kappa shape index (κ2) is 6.99. The highest BCUT2D eigenvalue weighted by molar-refractivity contribution is 6.05. The lowest BCUT2D eigenvalue weighted by Crippen LogP contribution is -2.25. The molecule has 3 rings (SSSR count). The van der Waals surface area contributed by atoms with Gasteiger partial charge in [0, 0.05) is 30.1 Å². The number of benzene rings is 1. The maximum absolute atomic E-state index is 12.4. The van der Waals surface area contributed by atoms with Crippen LogP contribution in [0.5, 0.6) is 11.5 Å². The smallest absolute Gasteiger partial charge is 0.269 e. The van der Waals surface area contributed by atoms with E-state index < -0.39 is 0 Å². The summed E-state index contributed by atoms with van der Waals surface area (Å²) in [6.07, 6.45) is 2.27. The number of nitrogens with one attached hydrogen (secondary N) is 2. The van der Waals surface area contributed by atoms with Crippen molar-refractivity contribution in [2.24, 2.45) is 0 Å². The summed E-state index contributed by atoms with van der Waals surface area (Å²) in [7, 11) is 0. The van der Waals surface area contributed by atoms with Crippen LogP contribution >= 0.6 is 0 Å². The summed E-state index contributed by atoms with van der Waals surface area (Å²) < 4.78 is 10.5. The van der Waals surface area contributed by atoms with Gasteiger partial charge in [-0.2, -0.15) is 0 Å². The zero-order valence-corrected chi connectivity index (χ0v) is 13.2. The molecule has 0 bridgehead atoms. The molecule has 1 aliphatic heterocycles. The average Bonchev–Trinajstić information content (AvgIpc) is 3.07. The fourth-order valence-electron chi connectivity index (χ4n) is 2.20. The molecule has 1 aromatic heterocycles. The van der Waals surface area contributed by atoms with E-state index in [0.29, 0.717) is 29.3 Å². The first-order valence-electron chi connectivity index (χ1n) is 7.62. The Balaban J connectivity index is 1.72. The van der Waals surface area contributed by atoms with Crippen LogP contribution in [0, 0.1) is 0 Å². The fraction of sp³-hybridized carbons (Fsp3) is 0.235. The van der Waals surface area contributed by atoms with Crippen molar-refractivity contribution in [3.05, 3.63) is 47.8 Å². The lowest BCUT2D eigenvalue weighted by molar-refractivity contribution is 0.0948. The van der Waals surface area contributed by atoms with Crippen LogP contribution in [0.4, 0.5) is 5.69 Å². The lowest BCUT2D eigenvalue weighted by atomic mass is 10.2. The number of pyridine rings is 1. The highest BCUT2D eigenvalue weighted by Gasteiger charge is 2.15. The second-order valence-electron chi connectivity index (χ2n) is 5.21. The van der Waals surface area contributed by atoms with Gasteiger partial charge in [-0.15, -0.1) is 0 Å². The predicted octanol–water partition coefficient (Wildman–Crippen LogP) is 2.20. The minimum absolute atomic E-state index is 0.174. The largest absolute Gasteiger partial charge is 0.454 e. The van der Waals surface area contributed by atoms with Gasteiger partial charge in [-0.3, -0.25) is 14.6 Å². The SMILES string of the molecule is CCCNC(=O)c1cc(C(=O)Nc2ccc3c(c2)OCO3)ccn1. The van der Waals surface area contributed by atoms with Crippen molar-refractivity contribution in [3.63, 3.8) is 0 Å². The van der Waals surface area contributed by atoms with Crippen molar-refractivity contribution in [1.82, 2.24) is 10.3 Å². The number of aromatic nitrogens is 1. The van der Waals surface area contributed by atoms with Gasteiger partial charge < -0.3 is 20.1 Å². The molecule has 0 radical (unpaired) electrons. The zero-order chi connectivity index (χ0) is 16.9. The number of amides is 2. The maximum Gasteiger partial charge on any atom is 0.269 e. The molecule has 0 fully saturated rings. The molecule has 0 aliphatic carbocycles. The van der Waals surface area contributed by atoms with Crippen LogP contribution in [-0.2, 0) is 0 Å². The normalized spacial score (nSPS) is 11.9. The van der Waals surface area contributed by atoms with Gasteiger partial charge in [0.25, 0.3) is 11.8 Å². The van der Waals surface area contributed by atoms with Gasteiger partial charge in [0.15, 0.2) is 11.5 Å². The Morgan fingerprint density at radius 3 is 2.79 bits per heavy atom. The Kier molecular flexibility index (Phi) is 4.60. The van der Waals surface area contributed by atoms with E-state index in [2.05, 4.69) is 15.6 Å². The van der Waals surface area contributed by atoms with E-state index in [1.165, 1.54) is 12.3 Å². The van der Waals surface area contributed by atoms with Gasteiger partial charge in [0.05, 0.1) is 0 Å². The van der Waals surface area contributed by atoms with E-state index in [4.69, 9.17) is 9.47 Å². The van der Waals surface area contributed by atoms with Crippen molar-refractivity contribution in [1.29, 1.82) is 0 Å². The van der Waals surface area contributed by atoms with Crippen LogP contribution < -0.4 is 20.1 Å². The minimum Gasteiger partial charge on any atom is -0.454 e. The number of nitrogens with zero attached hydrogens (tertiary/aromatic N) is 1. The number of ether oxygens (including phenoxy) is 2. The van der Waals surface area contributed by atoms with Gasteiger partial charge in [-0.1, -0.05) is 6.92 Å². The molecule has 24 heavy (non-hydrogen) atoms. The molecular weight excluding hydrogens is 310 g/mol. The Morgan fingerprint density at radius 1 is 1.12 bits per heavy atom. The zero-order valence-electron chi connectivity index (χ0n) is 13.2. The van der Waals surface area contributed by atoms with Gasteiger partial charge in [-0.05, 0) is 30.7 Å². The van der Waals surface area contributed by atoms with Crippen LogP contribution in [0.3, 0.4) is 0 Å². The molecular formula is C17H17N3O4. The summed E-state index contributed by atoms with van der Waals surface area (Å²) in [4.78, 5) is 28.3. The third-order valence-electron chi connectivity index (χ3n) is 3.42. The summed E-state index contributed by atoms with van der Waals surface area (Å²) in [5.74, 6) is 0.601. The third kappa shape index (κ3) is 3.45. The van der Waals surface area contributed by atoms with Crippen molar-refractivity contribution in [2.45, 2.75) is 13.3 Å². The molecule has 0 unspecified atom stereocenters. The van der Waals surface area contributed by atoms with Crippen LogP contribution in [-0.4, -0.2) is 30.1 Å². The monoisotopic (exact) mass is 327 g/mol. The van der Waals surface area contributed by atoms with Crippen molar-refractivity contribution < 1.29 is 19.1 Å². The number of rotatable bonds is 5. The highest BCUT2D eigenvalue weighted by Crippen LogP contribution is 2.34. The molecule has 0 saturated carbocycles. The van der Waals surface area contributed by atoms with E-state index in [1.807, 2.05) is 6.92 Å². The number of hydrogen-bond acceptors (Lipinski definition) is 5. The molecule has 2 heterocycles. The van der Waals surface area contributed by atoms with Crippen molar-refractivity contribution in [2.75, 3.05) is 18.7 Å². The van der Waals surface area contributed by atoms with Crippen molar-refractivity contribution in [3.8, 4) is 11.5 Å². The van der Waals surface area contributed by atoms with E-state index >= 15 is 0 Å². The molecule has 2 amide bonds. The molecule has 0 saturated heterocycles. The topological polar surface area (TPSA) is 89.6 Å².